The Morgan fingerprint density at radius 1 is 1.30 bits per heavy atom. The molecule has 1 amide bonds. The van der Waals surface area contributed by atoms with Gasteiger partial charge in [-0.05, 0) is 30.0 Å². The molecule has 3 nitrogen and oxygen atoms in total. The van der Waals surface area contributed by atoms with Crippen LogP contribution < -0.4 is 5.43 Å². The minimum Gasteiger partial charge on any atom is -0.273 e. The van der Waals surface area contributed by atoms with E-state index in [1.165, 1.54) is 17.8 Å². The first-order valence-corrected chi connectivity index (χ1v) is 7.19. The molecule has 5 heteroatoms. The highest BCUT2D eigenvalue weighted by molar-refractivity contribution is 7.12. The summed E-state index contributed by atoms with van der Waals surface area (Å²) in [6, 6.07) is 13.0. The van der Waals surface area contributed by atoms with Gasteiger partial charge in [-0.1, -0.05) is 30.3 Å². The third kappa shape index (κ3) is 2.93. The van der Waals surface area contributed by atoms with Crippen LogP contribution in [0.15, 0.2) is 47.6 Å². The molecule has 1 N–H and O–H groups in total. The topological polar surface area (TPSA) is 41.5 Å². The van der Waals surface area contributed by atoms with Gasteiger partial charge in [0.15, 0.2) is 5.13 Å². The number of hydrogen-bond acceptors (Lipinski definition) is 3. The maximum absolute atomic E-state index is 12.8. The van der Waals surface area contributed by atoms with Crippen molar-refractivity contribution < 1.29 is 9.18 Å². The van der Waals surface area contributed by atoms with Gasteiger partial charge >= 0.3 is 0 Å². The van der Waals surface area contributed by atoms with E-state index in [1.54, 1.807) is 6.07 Å². The Hall–Kier alpha value is -2.01. The summed E-state index contributed by atoms with van der Waals surface area (Å²) in [7, 11) is 0. The number of hydrogen-bond donors (Lipinski definition) is 1. The zero-order valence-electron chi connectivity index (χ0n) is 10.6. The summed E-state index contributed by atoms with van der Waals surface area (Å²) in [4.78, 5) is 12.6. The van der Waals surface area contributed by atoms with Gasteiger partial charge in [-0.25, -0.2) is 5.43 Å². The quantitative estimate of drug-likeness (QED) is 0.681. The van der Waals surface area contributed by atoms with E-state index < -0.39 is 0 Å². The van der Waals surface area contributed by atoms with Gasteiger partial charge in [0, 0.05) is 5.92 Å². The van der Waals surface area contributed by atoms with Crippen LogP contribution in [-0.2, 0) is 4.79 Å². The van der Waals surface area contributed by atoms with Crippen molar-refractivity contribution in [1.29, 1.82) is 0 Å². The van der Waals surface area contributed by atoms with E-state index >= 15 is 0 Å². The lowest BCUT2D eigenvalue weighted by molar-refractivity contribution is -0.122. The van der Waals surface area contributed by atoms with E-state index in [9.17, 15) is 9.18 Å². The van der Waals surface area contributed by atoms with E-state index in [0.29, 0.717) is 10.8 Å². The van der Waals surface area contributed by atoms with Crippen LogP contribution in [0.1, 0.15) is 22.8 Å². The molecule has 20 heavy (non-hydrogen) atoms. The van der Waals surface area contributed by atoms with Crippen molar-refractivity contribution in [3.8, 4) is 0 Å². The van der Waals surface area contributed by atoms with E-state index in [2.05, 4.69) is 10.5 Å². The van der Waals surface area contributed by atoms with Gasteiger partial charge in [0.2, 0.25) is 5.91 Å². The molecule has 3 rings (SSSR count). The summed E-state index contributed by atoms with van der Waals surface area (Å²) in [6.07, 6.45) is 2.32. The lowest BCUT2D eigenvalue weighted by Crippen LogP contribution is -2.19. The molecular weight excluding hydrogens is 275 g/mol. The molecule has 0 saturated heterocycles. The van der Waals surface area contributed by atoms with Crippen LogP contribution in [-0.4, -0.2) is 12.1 Å². The molecule has 2 unspecified atom stereocenters. The first-order valence-electron chi connectivity index (χ1n) is 6.37. The van der Waals surface area contributed by atoms with Crippen LogP contribution in [0, 0.1) is 11.0 Å². The number of thiophene rings is 1. The largest absolute Gasteiger partial charge is 0.273 e. The number of amides is 1. The van der Waals surface area contributed by atoms with Crippen LogP contribution in [0.5, 0.6) is 0 Å². The van der Waals surface area contributed by atoms with Gasteiger partial charge in [0.1, 0.15) is 0 Å². The summed E-state index contributed by atoms with van der Waals surface area (Å²) < 4.78 is 12.8. The fourth-order valence-electron chi connectivity index (χ4n) is 2.19. The third-order valence-corrected chi connectivity index (χ3v) is 4.12. The van der Waals surface area contributed by atoms with Crippen LogP contribution in [0.3, 0.4) is 0 Å². The molecule has 1 aromatic heterocycles. The van der Waals surface area contributed by atoms with Crippen molar-refractivity contribution in [3.05, 3.63) is 58.0 Å². The number of carbonyl (C=O) groups is 1. The molecule has 1 aliphatic rings. The molecule has 0 bridgehead atoms. The maximum atomic E-state index is 12.8. The number of halogens is 1. The lowest BCUT2D eigenvalue weighted by atomic mass is 10.1. The molecule has 0 spiro atoms. The predicted molar refractivity (Wildman–Crippen MR) is 77.3 cm³/mol. The molecule has 1 heterocycles. The minimum absolute atomic E-state index is 0.00498. The number of benzene rings is 1. The molecule has 1 aromatic carbocycles. The van der Waals surface area contributed by atoms with Gasteiger partial charge in [-0.15, -0.1) is 11.3 Å². The second-order valence-corrected chi connectivity index (χ2v) is 5.80. The van der Waals surface area contributed by atoms with Gasteiger partial charge in [-0.3, -0.25) is 4.79 Å². The van der Waals surface area contributed by atoms with E-state index in [-0.39, 0.29) is 17.0 Å². The maximum Gasteiger partial charge on any atom is 0.243 e. The van der Waals surface area contributed by atoms with Crippen molar-refractivity contribution in [2.45, 2.75) is 12.3 Å². The number of carbonyl (C=O) groups excluding carboxylic acids is 1. The third-order valence-electron chi connectivity index (χ3n) is 3.32. The zero-order valence-corrected chi connectivity index (χ0v) is 11.4. The number of rotatable bonds is 4. The first-order chi connectivity index (χ1) is 9.74. The lowest BCUT2D eigenvalue weighted by Gasteiger charge is -1.99. The molecule has 0 radical (unpaired) electrons. The van der Waals surface area contributed by atoms with Crippen molar-refractivity contribution >= 4 is 23.5 Å². The Morgan fingerprint density at radius 3 is 2.80 bits per heavy atom. The zero-order chi connectivity index (χ0) is 13.9. The Bertz CT molecular complexity index is 638. The van der Waals surface area contributed by atoms with Crippen LogP contribution in [0.25, 0.3) is 0 Å². The normalized spacial score (nSPS) is 21.1. The van der Waals surface area contributed by atoms with Crippen molar-refractivity contribution in [1.82, 2.24) is 5.43 Å². The van der Waals surface area contributed by atoms with E-state index in [0.717, 1.165) is 17.8 Å². The number of nitrogens with one attached hydrogen (secondary N) is 1. The summed E-state index contributed by atoms with van der Waals surface area (Å²) in [6.45, 7) is 0. The minimum atomic E-state index is -0.260. The second kappa shape index (κ2) is 5.54. The Morgan fingerprint density at radius 2 is 2.10 bits per heavy atom. The monoisotopic (exact) mass is 288 g/mol. The Balaban J connectivity index is 1.53. The van der Waals surface area contributed by atoms with E-state index in [1.807, 2.05) is 30.3 Å². The highest BCUT2D eigenvalue weighted by atomic mass is 32.1. The highest BCUT2D eigenvalue weighted by Gasteiger charge is 2.43. The van der Waals surface area contributed by atoms with E-state index in [4.69, 9.17) is 0 Å². The SMILES string of the molecule is O=C(NN=Cc1ccc(F)s1)C1CC1c1ccccc1. The Labute approximate surface area is 120 Å². The highest BCUT2D eigenvalue weighted by Crippen LogP contribution is 2.47. The average molecular weight is 288 g/mol. The number of nitrogens with zero attached hydrogens (tertiary/aromatic N) is 1. The van der Waals surface area contributed by atoms with Gasteiger partial charge in [0.25, 0.3) is 0 Å². The van der Waals surface area contributed by atoms with Gasteiger partial charge in [-0.2, -0.15) is 9.49 Å². The van der Waals surface area contributed by atoms with Crippen molar-refractivity contribution in [2.75, 3.05) is 0 Å². The van der Waals surface area contributed by atoms with Crippen LogP contribution in [0.4, 0.5) is 4.39 Å². The fraction of sp³-hybridized carbons (Fsp3) is 0.200. The average Bonchev–Trinajstić information content (AvgIpc) is 3.17. The molecule has 1 aliphatic carbocycles. The Kier molecular flexibility index (Phi) is 3.60. The van der Waals surface area contributed by atoms with Gasteiger partial charge in [0.05, 0.1) is 11.1 Å². The smallest absolute Gasteiger partial charge is 0.243 e. The first kappa shape index (κ1) is 13.0. The van der Waals surface area contributed by atoms with Crippen molar-refractivity contribution in [3.63, 3.8) is 0 Å². The molecule has 1 saturated carbocycles. The molecule has 2 atom stereocenters. The molecule has 0 aliphatic heterocycles. The molecular formula is C15H13FN2OS. The fourth-order valence-corrected chi connectivity index (χ4v) is 2.80. The molecule has 102 valence electrons. The van der Waals surface area contributed by atoms with Crippen LogP contribution in [0.2, 0.25) is 0 Å². The summed E-state index contributed by atoms with van der Waals surface area (Å²) >= 11 is 0.994. The summed E-state index contributed by atoms with van der Waals surface area (Å²) in [5, 5.41) is 3.60. The standard InChI is InChI=1S/C15H13FN2OS/c16-14-7-6-11(20-14)9-17-18-15(19)13-8-12(13)10-4-2-1-3-5-10/h1-7,9,12-13H,8H2,(H,18,19). The summed E-state index contributed by atoms with van der Waals surface area (Å²) in [5.74, 6) is 0.215. The number of hydrazone groups is 1. The van der Waals surface area contributed by atoms with Gasteiger partial charge < -0.3 is 0 Å². The predicted octanol–water partition coefficient (Wildman–Crippen LogP) is 3.14. The van der Waals surface area contributed by atoms with Crippen LogP contribution >= 0.6 is 11.3 Å². The summed E-state index contributed by atoms with van der Waals surface area (Å²) in [5.41, 5.74) is 3.71. The van der Waals surface area contributed by atoms with Crippen molar-refractivity contribution in [2.24, 2.45) is 11.0 Å². The second-order valence-electron chi connectivity index (χ2n) is 4.74. The molecule has 1 fully saturated rings. The molecule has 2 aromatic rings.